The molecule has 4 nitrogen and oxygen atoms in total. The smallest absolute Gasteiger partial charge is 0.446 e. The molecule has 1 N–H and O–H groups in total. The van der Waals surface area contributed by atoms with Crippen molar-refractivity contribution in [2.24, 2.45) is 0 Å². The lowest BCUT2D eigenvalue weighted by molar-refractivity contribution is -0.0329. The summed E-state index contributed by atoms with van der Waals surface area (Å²) in [7, 11) is 0.968. The van der Waals surface area contributed by atoms with Crippen molar-refractivity contribution in [3.8, 4) is 11.8 Å². The second kappa shape index (κ2) is 5.18. The molecule has 0 amide bonds. The van der Waals surface area contributed by atoms with E-state index in [9.17, 15) is 23.1 Å². The highest BCUT2D eigenvalue weighted by molar-refractivity contribution is 8.00. The van der Waals surface area contributed by atoms with E-state index in [0.717, 1.165) is 19.2 Å². The first-order valence-corrected chi connectivity index (χ1v) is 5.22. The number of benzene rings is 1. The zero-order valence-corrected chi connectivity index (χ0v) is 9.72. The molecule has 18 heavy (non-hydrogen) atoms. The minimum Gasteiger partial charge on any atom is -0.507 e. The minimum absolute atomic E-state index is 0.300. The van der Waals surface area contributed by atoms with Gasteiger partial charge in [0, 0.05) is 0 Å². The first kappa shape index (κ1) is 14.2. The summed E-state index contributed by atoms with van der Waals surface area (Å²) in [4.78, 5) is 10.6. The highest BCUT2D eigenvalue weighted by Gasteiger charge is 2.34. The van der Waals surface area contributed by atoms with E-state index in [1.807, 2.05) is 0 Å². The van der Waals surface area contributed by atoms with Crippen molar-refractivity contribution in [3.05, 3.63) is 23.3 Å². The van der Waals surface area contributed by atoms with Gasteiger partial charge in [-0.25, -0.2) is 4.79 Å². The summed E-state index contributed by atoms with van der Waals surface area (Å²) in [6.07, 6.45) is 0. The van der Waals surface area contributed by atoms with Crippen LogP contribution in [0, 0.1) is 11.3 Å². The number of carbonyl (C=O) groups excluding carboxylic acids is 1. The van der Waals surface area contributed by atoms with Crippen LogP contribution in [0.2, 0.25) is 0 Å². The zero-order chi connectivity index (χ0) is 13.9. The molecule has 0 aliphatic carbocycles. The third kappa shape index (κ3) is 3.07. The van der Waals surface area contributed by atoms with Gasteiger partial charge >= 0.3 is 11.5 Å². The van der Waals surface area contributed by atoms with E-state index in [2.05, 4.69) is 4.74 Å². The Kier molecular flexibility index (Phi) is 4.08. The largest absolute Gasteiger partial charge is 0.507 e. The number of carbonyl (C=O) groups is 1. The summed E-state index contributed by atoms with van der Waals surface area (Å²) < 4.78 is 41.3. The molecule has 1 rings (SSSR count). The fourth-order valence-electron chi connectivity index (χ4n) is 1.19. The molecule has 0 saturated carbocycles. The van der Waals surface area contributed by atoms with E-state index < -0.39 is 39.4 Å². The van der Waals surface area contributed by atoms with Gasteiger partial charge in [0.05, 0.1) is 23.1 Å². The molecule has 0 aliphatic heterocycles. The Hall–Kier alpha value is -1.88. The number of phenolic OH excluding ortho intramolecular Hbond substituents is 1. The average Bonchev–Trinajstić information content (AvgIpc) is 2.29. The molecule has 0 aromatic heterocycles. The van der Waals surface area contributed by atoms with Crippen molar-refractivity contribution in [2.45, 2.75) is 10.4 Å². The van der Waals surface area contributed by atoms with Gasteiger partial charge in [-0.15, -0.1) is 0 Å². The first-order valence-electron chi connectivity index (χ1n) is 4.40. The van der Waals surface area contributed by atoms with Crippen LogP contribution in [-0.2, 0) is 4.74 Å². The molecule has 0 bridgehead atoms. The number of nitriles is 1. The number of nitrogens with zero attached hydrogens (tertiary/aromatic N) is 1. The van der Waals surface area contributed by atoms with E-state index in [4.69, 9.17) is 5.26 Å². The van der Waals surface area contributed by atoms with Crippen LogP contribution < -0.4 is 0 Å². The fourth-order valence-corrected chi connectivity index (χ4v) is 1.89. The molecular formula is C10H6F3NO3S. The molecule has 0 fully saturated rings. The molecule has 0 spiro atoms. The standard InChI is InChI=1S/C10H6F3NO3S/c1-17-9(16)7-5(4-14)2-3-6(15)8(7)18-10(11,12)13/h2-3,15H,1H3. The Balaban J connectivity index is 3.47. The second-order valence-electron chi connectivity index (χ2n) is 2.99. The number of ether oxygens (including phenoxy) is 1. The minimum atomic E-state index is -4.70. The number of methoxy groups -OCH3 is 1. The molecule has 0 heterocycles. The Labute approximate surface area is 104 Å². The summed E-state index contributed by atoms with van der Waals surface area (Å²) in [6.45, 7) is 0. The van der Waals surface area contributed by atoms with Gasteiger partial charge in [0.1, 0.15) is 11.8 Å². The van der Waals surface area contributed by atoms with Crippen molar-refractivity contribution in [1.29, 1.82) is 5.26 Å². The molecule has 0 aliphatic rings. The normalized spacial score (nSPS) is 10.8. The maximum Gasteiger partial charge on any atom is 0.446 e. The molecule has 0 atom stereocenters. The Bertz CT molecular complexity index is 522. The maximum atomic E-state index is 12.3. The van der Waals surface area contributed by atoms with Gasteiger partial charge in [-0.2, -0.15) is 18.4 Å². The molecule has 1 aromatic rings. The lowest BCUT2D eigenvalue weighted by Gasteiger charge is -2.12. The van der Waals surface area contributed by atoms with E-state index >= 15 is 0 Å². The fraction of sp³-hybridized carbons (Fsp3) is 0.200. The molecule has 96 valence electrons. The quantitative estimate of drug-likeness (QED) is 0.664. The third-order valence-corrected chi connectivity index (χ3v) is 2.71. The van der Waals surface area contributed by atoms with Crippen molar-refractivity contribution in [1.82, 2.24) is 0 Å². The topological polar surface area (TPSA) is 70.3 Å². The Morgan fingerprint density at radius 1 is 1.50 bits per heavy atom. The van der Waals surface area contributed by atoms with Gasteiger partial charge in [0.2, 0.25) is 0 Å². The molecule has 0 saturated heterocycles. The van der Waals surface area contributed by atoms with E-state index in [0.29, 0.717) is 0 Å². The second-order valence-corrected chi connectivity index (χ2v) is 4.06. The summed E-state index contributed by atoms with van der Waals surface area (Å²) in [5, 5.41) is 18.1. The first-order chi connectivity index (χ1) is 8.30. The van der Waals surface area contributed by atoms with Crippen molar-refractivity contribution in [2.75, 3.05) is 7.11 Å². The van der Waals surface area contributed by atoms with Gasteiger partial charge in [-0.3, -0.25) is 0 Å². The van der Waals surface area contributed by atoms with Crippen molar-refractivity contribution < 1.29 is 27.8 Å². The Morgan fingerprint density at radius 3 is 2.56 bits per heavy atom. The maximum absolute atomic E-state index is 12.3. The van der Waals surface area contributed by atoms with E-state index in [1.165, 1.54) is 0 Å². The van der Waals surface area contributed by atoms with Crippen LogP contribution in [0.15, 0.2) is 17.0 Å². The predicted molar refractivity (Wildman–Crippen MR) is 56.1 cm³/mol. The van der Waals surface area contributed by atoms with Gasteiger partial charge in [-0.1, -0.05) is 0 Å². The molecule has 0 radical (unpaired) electrons. The average molecular weight is 277 g/mol. The molecule has 8 heteroatoms. The van der Waals surface area contributed by atoms with Crippen LogP contribution in [0.4, 0.5) is 13.2 Å². The van der Waals surface area contributed by atoms with Crippen LogP contribution in [0.3, 0.4) is 0 Å². The SMILES string of the molecule is COC(=O)c1c(C#N)ccc(O)c1SC(F)(F)F. The number of hydrogen-bond donors (Lipinski definition) is 1. The monoisotopic (exact) mass is 277 g/mol. The predicted octanol–water partition coefficient (Wildman–Crippen LogP) is 2.66. The number of thioether (sulfide) groups is 1. The number of phenols is 1. The number of rotatable bonds is 2. The lowest BCUT2D eigenvalue weighted by atomic mass is 10.1. The number of halogens is 3. The Morgan fingerprint density at radius 2 is 2.11 bits per heavy atom. The van der Waals surface area contributed by atoms with Gasteiger partial charge in [0.15, 0.2) is 0 Å². The number of aromatic hydroxyl groups is 1. The summed E-state index contributed by atoms with van der Waals surface area (Å²) in [5.41, 5.74) is -5.59. The van der Waals surface area contributed by atoms with Crippen molar-refractivity contribution in [3.63, 3.8) is 0 Å². The number of alkyl halides is 3. The summed E-state index contributed by atoms with van der Waals surface area (Å²) in [6, 6.07) is 3.53. The molecular weight excluding hydrogens is 271 g/mol. The van der Waals surface area contributed by atoms with Crippen molar-refractivity contribution >= 4 is 17.7 Å². The highest BCUT2D eigenvalue weighted by Crippen LogP contribution is 2.43. The van der Waals surface area contributed by atoms with Crippen LogP contribution in [-0.4, -0.2) is 23.7 Å². The third-order valence-electron chi connectivity index (χ3n) is 1.86. The van der Waals surface area contributed by atoms with Crippen LogP contribution in [0.5, 0.6) is 5.75 Å². The lowest BCUT2D eigenvalue weighted by Crippen LogP contribution is -2.09. The van der Waals surface area contributed by atoms with E-state index in [-0.39, 0.29) is 5.56 Å². The summed E-state index contributed by atoms with van der Waals surface area (Å²) >= 11 is -0.675. The summed E-state index contributed by atoms with van der Waals surface area (Å²) in [5.74, 6) is -1.86. The van der Waals surface area contributed by atoms with Crippen LogP contribution in [0.1, 0.15) is 15.9 Å². The molecule has 1 aromatic carbocycles. The molecule has 0 unspecified atom stereocenters. The zero-order valence-electron chi connectivity index (χ0n) is 8.91. The number of esters is 1. The van der Waals surface area contributed by atoms with Gasteiger partial charge < -0.3 is 9.84 Å². The highest BCUT2D eigenvalue weighted by atomic mass is 32.2. The number of hydrogen-bond acceptors (Lipinski definition) is 5. The van der Waals surface area contributed by atoms with E-state index in [1.54, 1.807) is 6.07 Å². The van der Waals surface area contributed by atoms with Gasteiger partial charge in [-0.05, 0) is 23.9 Å². The van der Waals surface area contributed by atoms with Crippen LogP contribution >= 0.6 is 11.8 Å². The van der Waals surface area contributed by atoms with Crippen LogP contribution in [0.25, 0.3) is 0 Å². The van der Waals surface area contributed by atoms with Gasteiger partial charge in [0.25, 0.3) is 0 Å².